The molecule has 1 fully saturated rings. The van der Waals surface area contributed by atoms with E-state index in [-0.39, 0.29) is 18.2 Å². The molecule has 0 aliphatic carbocycles. The number of fused-ring (bicyclic) bond motifs is 1. The molecule has 1 aliphatic rings. The summed E-state index contributed by atoms with van der Waals surface area (Å²) in [5, 5.41) is 16.2. The van der Waals surface area contributed by atoms with Crippen LogP contribution < -0.4 is 10.6 Å². The molecule has 2 N–H and O–H groups in total. The number of hydrogen-bond acceptors (Lipinski definition) is 5. The third-order valence-electron chi connectivity index (χ3n) is 4.57. The smallest absolute Gasteiger partial charge is 0.240 e. The molecule has 0 saturated carbocycles. The SMILES string of the molecule is CCCC(CCC)=N/N=C1\NC(=O)[C@H](CC(=O)Nc2cccc3ccccc23)S1. The van der Waals surface area contributed by atoms with Crippen LogP contribution in [0, 0.1) is 0 Å². The summed E-state index contributed by atoms with van der Waals surface area (Å²) in [6.07, 6.45) is 3.92. The maximum atomic E-state index is 12.5. The van der Waals surface area contributed by atoms with Gasteiger partial charge in [0.05, 0.1) is 0 Å². The third-order valence-corrected chi connectivity index (χ3v) is 5.64. The highest BCUT2D eigenvalue weighted by Crippen LogP contribution is 2.26. The van der Waals surface area contributed by atoms with Gasteiger partial charge in [-0.2, -0.15) is 5.10 Å². The summed E-state index contributed by atoms with van der Waals surface area (Å²) in [5.41, 5.74) is 1.79. The number of carbonyl (C=O) groups excluding carboxylic acids is 2. The lowest BCUT2D eigenvalue weighted by Gasteiger charge is -2.10. The zero-order chi connectivity index (χ0) is 20.6. The van der Waals surface area contributed by atoms with Crippen LogP contribution in [0.2, 0.25) is 0 Å². The van der Waals surface area contributed by atoms with Crippen molar-refractivity contribution in [3.63, 3.8) is 0 Å². The fourth-order valence-corrected chi connectivity index (χ4v) is 4.13. The van der Waals surface area contributed by atoms with E-state index in [1.165, 1.54) is 11.8 Å². The molecule has 152 valence electrons. The molecule has 7 heteroatoms. The Balaban J connectivity index is 1.63. The Kier molecular flexibility index (Phi) is 7.41. The number of benzene rings is 2. The first kappa shape index (κ1) is 21.0. The summed E-state index contributed by atoms with van der Waals surface area (Å²) in [6, 6.07) is 13.6. The number of nitrogens with zero attached hydrogens (tertiary/aromatic N) is 2. The average Bonchev–Trinajstić information content (AvgIpc) is 3.06. The van der Waals surface area contributed by atoms with Crippen molar-refractivity contribution >= 4 is 50.9 Å². The number of hydrogen-bond donors (Lipinski definition) is 2. The van der Waals surface area contributed by atoms with Crippen molar-refractivity contribution in [2.45, 2.75) is 51.2 Å². The summed E-state index contributed by atoms with van der Waals surface area (Å²) in [5.74, 6) is -0.402. The molecule has 6 nitrogen and oxygen atoms in total. The fourth-order valence-electron chi connectivity index (χ4n) is 3.21. The van der Waals surface area contributed by atoms with Crippen LogP contribution in [0.4, 0.5) is 5.69 Å². The lowest BCUT2D eigenvalue weighted by molar-refractivity contribution is -0.122. The van der Waals surface area contributed by atoms with Gasteiger partial charge in [0.2, 0.25) is 11.8 Å². The second kappa shape index (κ2) is 10.2. The van der Waals surface area contributed by atoms with Gasteiger partial charge in [-0.1, -0.05) is 74.8 Å². The third kappa shape index (κ3) is 5.67. The Bertz CT molecular complexity index is 941. The molecule has 1 heterocycles. The topological polar surface area (TPSA) is 82.9 Å². The summed E-state index contributed by atoms with van der Waals surface area (Å²) >= 11 is 1.26. The van der Waals surface area contributed by atoms with E-state index in [0.717, 1.165) is 47.9 Å². The van der Waals surface area contributed by atoms with E-state index in [1.54, 1.807) is 0 Å². The Labute approximate surface area is 175 Å². The average molecular weight is 411 g/mol. The minimum atomic E-state index is -0.500. The maximum absolute atomic E-state index is 12.5. The van der Waals surface area contributed by atoms with Crippen LogP contribution in [0.15, 0.2) is 52.7 Å². The standard InChI is InChI=1S/C22H26N4O2S/c1-3-8-16(9-4-2)25-26-22-24-21(28)19(29-22)14-20(27)23-18-13-7-11-15-10-5-6-12-17(15)18/h5-7,10-13,19H,3-4,8-9,14H2,1-2H3,(H,23,27)(H,24,26,28)/t19-/m0/s1. The summed E-state index contributed by atoms with van der Waals surface area (Å²) < 4.78 is 0. The van der Waals surface area contributed by atoms with E-state index in [9.17, 15) is 9.59 Å². The number of thioether (sulfide) groups is 1. The van der Waals surface area contributed by atoms with Crippen molar-refractivity contribution in [2.24, 2.45) is 10.2 Å². The van der Waals surface area contributed by atoms with Crippen LogP contribution in [0.5, 0.6) is 0 Å². The highest BCUT2D eigenvalue weighted by molar-refractivity contribution is 8.15. The van der Waals surface area contributed by atoms with Gasteiger partial charge in [-0.15, -0.1) is 5.10 Å². The quantitative estimate of drug-likeness (QED) is 0.488. The molecule has 0 aromatic heterocycles. The number of nitrogens with one attached hydrogen (secondary N) is 2. The molecule has 1 aliphatic heterocycles. The molecule has 0 bridgehead atoms. The zero-order valence-corrected chi connectivity index (χ0v) is 17.6. The summed E-state index contributed by atoms with van der Waals surface area (Å²) in [6.45, 7) is 4.21. The van der Waals surface area contributed by atoms with Gasteiger partial charge < -0.3 is 10.6 Å². The van der Waals surface area contributed by atoms with Gasteiger partial charge in [-0.3, -0.25) is 9.59 Å². The number of anilines is 1. The number of carbonyl (C=O) groups is 2. The molecule has 1 atom stereocenters. The first-order chi connectivity index (χ1) is 14.1. The van der Waals surface area contributed by atoms with Crippen molar-refractivity contribution < 1.29 is 9.59 Å². The molecule has 3 rings (SSSR count). The molecule has 2 amide bonds. The molecule has 0 radical (unpaired) electrons. The van der Waals surface area contributed by atoms with Crippen LogP contribution in [0.25, 0.3) is 10.8 Å². The van der Waals surface area contributed by atoms with Crippen LogP contribution >= 0.6 is 11.8 Å². The second-order valence-corrected chi connectivity index (χ2v) is 8.14. The predicted molar refractivity (Wildman–Crippen MR) is 121 cm³/mol. The van der Waals surface area contributed by atoms with Gasteiger partial charge in [0.15, 0.2) is 5.17 Å². The lowest BCUT2D eigenvalue weighted by atomic mass is 10.1. The fraction of sp³-hybridized carbons (Fsp3) is 0.364. The minimum Gasteiger partial charge on any atom is -0.325 e. The maximum Gasteiger partial charge on any atom is 0.240 e. The molecular formula is C22H26N4O2S. The number of amidine groups is 1. The molecule has 1 saturated heterocycles. The van der Waals surface area contributed by atoms with Crippen molar-refractivity contribution in [1.29, 1.82) is 0 Å². The molecule has 0 unspecified atom stereocenters. The Morgan fingerprint density at radius 2 is 1.83 bits per heavy atom. The minimum absolute atomic E-state index is 0.0826. The largest absolute Gasteiger partial charge is 0.325 e. The molecular weight excluding hydrogens is 384 g/mol. The lowest BCUT2D eigenvalue weighted by Crippen LogP contribution is -2.28. The highest BCUT2D eigenvalue weighted by Gasteiger charge is 2.32. The van der Waals surface area contributed by atoms with Gasteiger partial charge in [0, 0.05) is 23.2 Å². The van der Waals surface area contributed by atoms with Crippen LogP contribution in [-0.4, -0.2) is 27.9 Å². The Morgan fingerprint density at radius 3 is 2.59 bits per heavy atom. The molecule has 0 spiro atoms. The molecule has 29 heavy (non-hydrogen) atoms. The van der Waals surface area contributed by atoms with E-state index in [0.29, 0.717) is 5.17 Å². The summed E-state index contributed by atoms with van der Waals surface area (Å²) in [7, 11) is 0. The van der Waals surface area contributed by atoms with E-state index in [2.05, 4.69) is 34.7 Å². The summed E-state index contributed by atoms with van der Waals surface area (Å²) in [4.78, 5) is 24.8. The molecule has 2 aromatic rings. The van der Waals surface area contributed by atoms with Crippen molar-refractivity contribution in [1.82, 2.24) is 5.32 Å². The van der Waals surface area contributed by atoms with E-state index < -0.39 is 5.25 Å². The first-order valence-electron chi connectivity index (χ1n) is 9.99. The van der Waals surface area contributed by atoms with Gasteiger partial charge in [-0.25, -0.2) is 0 Å². The monoisotopic (exact) mass is 410 g/mol. The van der Waals surface area contributed by atoms with Crippen LogP contribution in [0.3, 0.4) is 0 Å². The Morgan fingerprint density at radius 1 is 1.10 bits per heavy atom. The number of amides is 2. The predicted octanol–water partition coefficient (Wildman–Crippen LogP) is 4.71. The van der Waals surface area contributed by atoms with Gasteiger partial charge in [0.25, 0.3) is 0 Å². The highest BCUT2D eigenvalue weighted by atomic mass is 32.2. The Hall–Kier alpha value is -2.67. The van der Waals surface area contributed by atoms with Gasteiger partial charge in [0.1, 0.15) is 5.25 Å². The molecule has 2 aromatic carbocycles. The van der Waals surface area contributed by atoms with Crippen molar-refractivity contribution in [2.75, 3.05) is 5.32 Å². The normalized spacial score (nSPS) is 17.4. The zero-order valence-electron chi connectivity index (χ0n) is 16.8. The van der Waals surface area contributed by atoms with Gasteiger partial charge >= 0.3 is 0 Å². The second-order valence-electron chi connectivity index (χ2n) is 6.95. The van der Waals surface area contributed by atoms with E-state index in [4.69, 9.17) is 0 Å². The van der Waals surface area contributed by atoms with Crippen LogP contribution in [0.1, 0.15) is 46.0 Å². The van der Waals surface area contributed by atoms with E-state index >= 15 is 0 Å². The van der Waals surface area contributed by atoms with Crippen LogP contribution in [-0.2, 0) is 9.59 Å². The first-order valence-corrected chi connectivity index (χ1v) is 10.9. The van der Waals surface area contributed by atoms with Crippen molar-refractivity contribution in [3.8, 4) is 0 Å². The van der Waals surface area contributed by atoms with Gasteiger partial charge in [-0.05, 0) is 24.3 Å². The number of rotatable bonds is 8. The van der Waals surface area contributed by atoms with E-state index in [1.807, 2.05) is 42.5 Å². The van der Waals surface area contributed by atoms with Crippen molar-refractivity contribution in [3.05, 3.63) is 42.5 Å².